The van der Waals surface area contributed by atoms with Gasteiger partial charge in [0.1, 0.15) is 5.82 Å². The fourth-order valence-electron chi connectivity index (χ4n) is 1.74. The van der Waals surface area contributed by atoms with Gasteiger partial charge in [0.25, 0.3) is 0 Å². The Kier molecular flexibility index (Phi) is 4.93. The van der Waals surface area contributed by atoms with Crippen LogP contribution < -0.4 is 5.32 Å². The first-order valence-corrected chi connectivity index (χ1v) is 7.40. The van der Waals surface area contributed by atoms with E-state index in [4.69, 9.17) is 0 Å². The molecule has 0 aromatic heterocycles. The van der Waals surface area contributed by atoms with Crippen LogP contribution in [0.1, 0.15) is 11.1 Å². The number of hydrogen-bond donors (Lipinski definition) is 1. The molecule has 0 bridgehead atoms. The molecule has 0 amide bonds. The molecule has 0 fully saturated rings. The Morgan fingerprint density at radius 3 is 2.43 bits per heavy atom. The monoisotopic (exact) mass is 425 g/mol. The molecule has 1 N–H and O–H groups in total. The van der Waals surface area contributed by atoms with Gasteiger partial charge >= 0.3 is 6.18 Å². The third kappa shape index (κ3) is 4.20. The molecule has 2 aromatic rings. The molecular formula is C14H9Br2F4N. The van der Waals surface area contributed by atoms with Gasteiger partial charge in [0.2, 0.25) is 0 Å². The molecule has 21 heavy (non-hydrogen) atoms. The largest absolute Gasteiger partial charge is 0.416 e. The molecule has 0 unspecified atom stereocenters. The minimum Gasteiger partial charge on any atom is -0.381 e. The van der Waals surface area contributed by atoms with E-state index in [1.54, 1.807) is 12.1 Å². The van der Waals surface area contributed by atoms with Gasteiger partial charge in [-0.25, -0.2) is 4.39 Å². The molecule has 2 rings (SSSR count). The fourth-order valence-corrected chi connectivity index (χ4v) is 2.64. The van der Waals surface area contributed by atoms with Gasteiger partial charge in [-0.1, -0.05) is 28.1 Å². The highest BCUT2D eigenvalue weighted by molar-refractivity contribution is 9.10. The van der Waals surface area contributed by atoms with Gasteiger partial charge in [-0.3, -0.25) is 0 Å². The Balaban J connectivity index is 2.21. The summed E-state index contributed by atoms with van der Waals surface area (Å²) in [5, 5.41) is 2.86. The van der Waals surface area contributed by atoms with E-state index in [-0.39, 0.29) is 6.54 Å². The molecule has 2 aromatic carbocycles. The second kappa shape index (κ2) is 6.36. The lowest BCUT2D eigenvalue weighted by Gasteiger charge is -2.12. The van der Waals surface area contributed by atoms with Crippen molar-refractivity contribution in [3.8, 4) is 0 Å². The minimum atomic E-state index is -4.42. The summed E-state index contributed by atoms with van der Waals surface area (Å²) in [6, 6.07) is 8.07. The van der Waals surface area contributed by atoms with Gasteiger partial charge in [-0.2, -0.15) is 13.2 Å². The fraction of sp³-hybridized carbons (Fsp3) is 0.143. The predicted molar refractivity (Wildman–Crippen MR) is 80.6 cm³/mol. The maximum absolute atomic E-state index is 13.4. The minimum absolute atomic E-state index is 0.200. The lowest BCUT2D eigenvalue weighted by Crippen LogP contribution is -2.07. The lowest BCUT2D eigenvalue weighted by molar-refractivity contribution is -0.137. The summed E-state index contributed by atoms with van der Waals surface area (Å²) in [4.78, 5) is 0. The Hall–Kier alpha value is -1.08. The Labute approximate surface area is 135 Å². The van der Waals surface area contributed by atoms with Gasteiger partial charge in [0.15, 0.2) is 0 Å². The first kappa shape index (κ1) is 16.3. The number of benzene rings is 2. The smallest absolute Gasteiger partial charge is 0.381 e. The Morgan fingerprint density at radius 1 is 1.05 bits per heavy atom. The van der Waals surface area contributed by atoms with E-state index in [0.717, 1.165) is 12.1 Å². The van der Waals surface area contributed by atoms with E-state index < -0.39 is 17.6 Å². The highest BCUT2D eigenvalue weighted by Crippen LogP contribution is 2.33. The Bertz CT molecular complexity index is 656. The zero-order valence-electron chi connectivity index (χ0n) is 10.4. The first-order valence-electron chi connectivity index (χ1n) is 5.82. The van der Waals surface area contributed by atoms with Crippen LogP contribution in [0, 0.1) is 5.82 Å². The van der Waals surface area contributed by atoms with Gasteiger partial charge in [0.05, 0.1) is 10.0 Å². The van der Waals surface area contributed by atoms with Crippen molar-refractivity contribution in [2.45, 2.75) is 12.7 Å². The number of anilines is 1. The molecule has 7 heteroatoms. The molecule has 0 radical (unpaired) electrons. The van der Waals surface area contributed by atoms with Crippen molar-refractivity contribution in [3.63, 3.8) is 0 Å². The number of halogens is 6. The van der Waals surface area contributed by atoms with E-state index in [2.05, 4.69) is 37.2 Å². The second-order valence-corrected chi connectivity index (χ2v) is 6.00. The van der Waals surface area contributed by atoms with Crippen molar-refractivity contribution >= 4 is 37.5 Å². The highest BCUT2D eigenvalue weighted by Gasteiger charge is 2.31. The zero-order chi connectivity index (χ0) is 15.6. The molecule has 0 saturated heterocycles. The molecular weight excluding hydrogens is 418 g/mol. The summed E-state index contributed by atoms with van der Waals surface area (Å²) in [5.74, 6) is -0.417. The average Bonchev–Trinajstić information content (AvgIpc) is 2.39. The lowest BCUT2D eigenvalue weighted by atomic mass is 10.1. The summed E-state index contributed by atoms with van der Waals surface area (Å²) in [6.07, 6.45) is -4.42. The molecule has 112 valence electrons. The van der Waals surface area contributed by atoms with Crippen LogP contribution in [0.4, 0.5) is 23.2 Å². The van der Waals surface area contributed by atoms with Crippen molar-refractivity contribution in [2.24, 2.45) is 0 Å². The first-order chi connectivity index (χ1) is 9.77. The highest BCUT2D eigenvalue weighted by atomic mass is 79.9. The predicted octanol–water partition coefficient (Wildman–Crippen LogP) is 5.98. The maximum atomic E-state index is 13.4. The molecule has 0 aliphatic rings. The molecule has 0 atom stereocenters. The normalized spacial score (nSPS) is 11.5. The zero-order valence-corrected chi connectivity index (χ0v) is 13.6. The number of rotatable bonds is 3. The number of alkyl halides is 3. The van der Waals surface area contributed by atoms with Crippen LogP contribution in [0.2, 0.25) is 0 Å². The molecule has 0 spiro atoms. The van der Waals surface area contributed by atoms with E-state index in [1.165, 1.54) is 12.1 Å². The Morgan fingerprint density at radius 2 is 1.76 bits per heavy atom. The number of nitrogens with one attached hydrogen (secondary N) is 1. The van der Waals surface area contributed by atoms with Crippen LogP contribution in [0.15, 0.2) is 45.3 Å². The van der Waals surface area contributed by atoms with Crippen LogP contribution in [0.3, 0.4) is 0 Å². The topological polar surface area (TPSA) is 12.0 Å². The summed E-state index contributed by atoms with van der Waals surface area (Å²) in [5.41, 5.74) is 0.161. The van der Waals surface area contributed by atoms with E-state index in [1.807, 2.05) is 0 Å². The van der Waals surface area contributed by atoms with Crippen LogP contribution in [-0.4, -0.2) is 0 Å². The van der Waals surface area contributed by atoms with Crippen molar-refractivity contribution in [2.75, 3.05) is 5.32 Å². The number of hydrogen-bond acceptors (Lipinski definition) is 1. The third-order valence-corrected chi connectivity index (χ3v) is 4.09. The van der Waals surface area contributed by atoms with Crippen LogP contribution in [0.25, 0.3) is 0 Å². The van der Waals surface area contributed by atoms with Gasteiger partial charge < -0.3 is 5.32 Å². The maximum Gasteiger partial charge on any atom is 0.416 e. The summed E-state index contributed by atoms with van der Waals surface area (Å²) in [6.45, 7) is 0.200. The average molecular weight is 427 g/mol. The van der Waals surface area contributed by atoms with E-state index in [0.29, 0.717) is 20.2 Å². The SMILES string of the molecule is Fc1cccc(CNc2cc(Br)cc(C(F)(F)F)c2)c1Br. The van der Waals surface area contributed by atoms with Crippen molar-refractivity contribution in [1.82, 2.24) is 0 Å². The molecule has 0 aliphatic heterocycles. The van der Waals surface area contributed by atoms with Gasteiger partial charge in [0, 0.05) is 16.7 Å². The second-order valence-electron chi connectivity index (χ2n) is 4.29. The van der Waals surface area contributed by atoms with E-state index in [9.17, 15) is 17.6 Å². The van der Waals surface area contributed by atoms with Gasteiger partial charge in [-0.15, -0.1) is 0 Å². The summed E-state index contributed by atoms with van der Waals surface area (Å²) >= 11 is 6.16. The molecule has 1 nitrogen and oxygen atoms in total. The quantitative estimate of drug-likeness (QED) is 0.595. The van der Waals surface area contributed by atoms with Crippen molar-refractivity contribution in [3.05, 3.63) is 62.3 Å². The van der Waals surface area contributed by atoms with Crippen LogP contribution in [-0.2, 0) is 12.7 Å². The summed E-state index contributed by atoms with van der Waals surface area (Å²) < 4.78 is 52.1. The molecule has 0 aliphatic carbocycles. The van der Waals surface area contributed by atoms with Gasteiger partial charge in [-0.05, 0) is 45.8 Å². The standard InChI is InChI=1S/C14H9Br2F4N/c15-10-4-9(14(18,19)20)5-11(6-10)21-7-8-2-1-3-12(17)13(8)16/h1-6,21H,7H2. The van der Waals surface area contributed by atoms with E-state index >= 15 is 0 Å². The van der Waals surface area contributed by atoms with Crippen molar-refractivity contribution in [1.29, 1.82) is 0 Å². The van der Waals surface area contributed by atoms with Crippen LogP contribution in [0.5, 0.6) is 0 Å². The van der Waals surface area contributed by atoms with Crippen LogP contribution >= 0.6 is 31.9 Å². The van der Waals surface area contributed by atoms with Crippen molar-refractivity contribution < 1.29 is 17.6 Å². The molecule has 0 saturated carbocycles. The third-order valence-electron chi connectivity index (χ3n) is 2.74. The summed E-state index contributed by atoms with van der Waals surface area (Å²) in [7, 11) is 0. The molecule has 0 heterocycles.